The number of nitrogens with one attached hydrogen (secondary N) is 1. The summed E-state index contributed by atoms with van der Waals surface area (Å²) in [6.07, 6.45) is 3.44. The van der Waals surface area contributed by atoms with Crippen LogP contribution in [0.1, 0.15) is 34.8 Å². The number of nitrogens with zero attached hydrogens (tertiary/aromatic N) is 1. The average Bonchev–Trinajstić information content (AvgIpc) is 3.14. The molecule has 27 heavy (non-hydrogen) atoms. The van der Waals surface area contributed by atoms with Gasteiger partial charge in [-0.1, -0.05) is 41.9 Å². The molecule has 1 fully saturated rings. The van der Waals surface area contributed by atoms with Crippen LogP contribution in [-0.4, -0.2) is 45.1 Å². The summed E-state index contributed by atoms with van der Waals surface area (Å²) in [5.74, 6) is -0.376. The number of carbonyl (C=O) groups is 1. The van der Waals surface area contributed by atoms with E-state index in [9.17, 15) is 13.2 Å². The Morgan fingerprint density at radius 3 is 2.44 bits per heavy atom. The smallest absolute Gasteiger partial charge is 0.253 e. The molecule has 0 spiro atoms. The Labute approximate surface area is 165 Å². The van der Waals surface area contributed by atoms with Gasteiger partial charge in [0, 0.05) is 12.8 Å². The van der Waals surface area contributed by atoms with Crippen LogP contribution in [0.2, 0.25) is 5.02 Å². The molecule has 7 heteroatoms. The molecule has 0 aromatic heterocycles. The number of halogens is 1. The van der Waals surface area contributed by atoms with Gasteiger partial charge < -0.3 is 10.2 Å². The zero-order valence-corrected chi connectivity index (χ0v) is 16.8. The van der Waals surface area contributed by atoms with Gasteiger partial charge in [-0.25, -0.2) is 8.42 Å². The third-order valence-electron chi connectivity index (χ3n) is 4.76. The molecule has 1 N–H and O–H groups in total. The SMILES string of the molecule is CS(=O)(=O)c1ccc(Cl)c(C(=O)NC(CN2CCCC2)c2ccccc2)c1. The molecule has 1 saturated heterocycles. The third kappa shape index (κ3) is 5.09. The lowest BCUT2D eigenvalue weighted by Crippen LogP contribution is -2.37. The predicted molar refractivity (Wildman–Crippen MR) is 107 cm³/mol. The van der Waals surface area contributed by atoms with Crippen molar-refractivity contribution in [3.05, 3.63) is 64.7 Å². The van der Waals surface area contributed by atoms with Crippen LogP contribution in [0.5, 0.6) is 0 Å². The van der Waals surface area contributed by atoms with Crippen molar-refractivity contribution in [2.24, 2.45) is 0 Å². The van der Waals surface area contributed by atoms with Crippen molar-refractivity contribution in [2.75, 3.05) is 25.9 Å². The van der Waals surface area contributed by atoms with Crippen molar-refractivity contribution in [2.45, 2.75) is 23.8 Å². The maximum absolute atomic E-state index is 12.9. The number of carbonyl (C=O) groups excluding carboxylic acids is 1. The van der Waals surface area contributed by atoms with E-state index < -0.39 is 9.84 Å². The van der Waals surface area contributed by atoms with Crippen LogP contribution >= 0.6 is 11.6 Å². The van der Waals surface area contributed by atoms with Crippen LogP contribution in [0, 0.1) is 0 Å². The average molecular weight is 407 g/mol. The third-order valence-corrected chi connectivity index (χ3v) is 6.20. The van der Waals surface area contributed by atoms with E-state index in [0.29, 0.717) is 6.54 Å². The molecule has 5 nitrogen and oxygen atoms in total. The molecule has 2 aromatic rings. The largest absolute Gasteiger partial charge is 0.344 e. The van der Waals surface area contributed by atoms with Gasteiger partial charge >= 0.3 is 0 Å². The number of hydrogen-bond donors (Lipinski definition) is 1. The minimum atomic E-state index is -3.42. The van der Waals surface area contributed by atoms with E-state index in [2.05, 4.69) is 10.2 Å². The number of hydrogen-bond acceptors (Lipinski definition) is 4. The molecule has 1 amide bonds. The van der Waals surface area contributed by atoms with Crippen molar-refractivity contribution < 1.29 is 13.2 Å². The number of sulfone groups is 1. The lowest BCUT2D eigenvalue weighted by atomic mass is 10.1. The van der Waals surface area contributed by atoms with E-state index in [1.165, 1.54) is 18.2 Å². The summed E-state index contributed by atoms with van der Waals surface area (Å²) < 4.78 is 23.6. The minimum absolute atomic E-state index is 0.0767. The molecule has 0 saturated carbocycles. The van der Waals surface area contributed by atoms with E-state index in [1.54, 1.807) is 0 Å². The van der Waals surface area contributed by atoms with Crippen molar-refractivity contribution in [3.8, 4) is 0 Å². The summed E-state index contributed by atoms with van der Waals surface area (Å²) in [6.45, 7) is 2.74. The second-order valence-electron chi connectivity index (χ2n) is 6.86. The Kier molecular flexibility index (Phi) is 6.19. The fourth-order valence-electron chi connectivity index (χ4n) is 3.29. The monoisotopic (exact) mass is 406 g/mol. The molecule has 0 bridgehead atoms. The van der Waals surface area contributed by atoms with Crippen molar-refractivity contribution in [1.82, 2.24) is 10.2 Å². The lowest BCUT2D eigenvalue weighted by molar-refractivity contribution is 0.0927. The second kappa shape index (κ2) is 8.42. The van der Waals surface area contributed by atoms with Crippen molar-refractivity contribution in [1.29, 1.82) is 0 Å². The first-order valence-electron chi connectivity index (χ1n) is 8.92. The maximum Gasteiger partial charge on any atom is 0.253 e. The zero-order chi connectivity index (χ0) is 19.4. The van der Waals surface area contributed by atoms with Crippen LogP contribution < -0.4 is 5.32 Å². The Bertz CT molecular complexity index is 910. The summed E-state index contributed by atoms with van der Waals surface area (Å²) in [5.41, 5.74) is 1.18. The first-order valence-corrected chi connectivity index (χ1v) is 11.2. The highest BCUT2D eigenvalue weighted by Gasteiger charge is 2.23. The summed E-state index contributed by atoms with van der Waals surface area (Å²) in [7, 11) is -3.42. The Balaban J connectivity index is 1.86. The first-order chi connectivity index (χ1) is 12.8. The fourth-order valence-corrected chi connectivity index (χ4v) is 4.14. The molecule has 1 aliphatic rings. The van der Waals surface area contributed by atoms with Crippen molar-refractivity contribution in [3.63, 3.8) is 0 Å². The van der Waals surface area contributed by atoms with E-state index >= 15 is 0 Å². The molecule has 0 radical (unpaired) electrons. The van der Waals surface area contributed by atoms with E-state index in [-0.39, 0.29) is 27.4 Å². The van der Waals surface area contributed by atoms with Crippen LogP contribution in [0.4, 0.5) is 0 Å². The summed E-state index contributed by atoms with van der Waals surface area (Å²) >= 11 is 6.17. The molecular formula is C20H23ClN2O3S. The highest BCUT2D eigenvalue weighted by atomic mass is 35.5. The number of benzene rings is 2. The second-order valence-corrected chi connectivity index (χ2v) is 9.28. The van der Waals surface area contributed by atoms with Gasteiger partial charge in [-0.05, 0) is 49.7 Å². The number of amides is 1. The first kappa shape index (κ1) is 19.9. The Morgan fingerprint density at radius 1 is 1.15 bits per heavy atom. The standard InChI is InChI=1S/C20H23ClN2O3S/c1-27(25,26)16-9-10-18(21)17(13-16)20(24)22-19(14-23-11-5-6-12-23)15-7-3-2-4-8-15/h2-4,7-10,13,19H,5-6,11-12,14H2,1H3,(H,22,24). The Morgan fingerprint density at radius 2 is 1.81 bits per heavy atom. The van der Waals surface area contributed by atoms with Crippen LogP contribution in [0.15, 0.2) is 53.4 Å². The lowest BCUT2D eigenvalue weighted by Gasteiger charge is -2.25. The normalized spacial score (nSPS) is 16.2. The van der Waals surface area contributed by atoms with Gasteiger partial charge in [0.1, 0.15) is 0 Å². The molecular weight excluding hydrogens is 384 g/mol. The Hall–Kier alpha value is -1.89. The quantitative estimate of drug-likeness (QED) is 0.799. The molecule has 1 atom stereocenters. The van der Waals surface area contributed by atoms with E-state index in [0.717, 1.165) is 37.8 Å². The molecule has 144 valence electrons. The maximum atomic E-state index is 12.9. The van der Waals surface area contributed by atoms with Gasteiger partial charge in [0.2, 0.25) is 0 Å². The molecule has 1 heterocycles. The van der Waals surface area contributed by atoms with Crippen LogP contribution in [0.25, 0.3) is 0 Å². The van der Waals surface area contributed by atoms with Gasteiger partial charge in [-0.15, -0.1) is 0 Å². The summed E-state index contributed by atoms with van der Waals surface area (Å²) in [6, 6.07) is 13.8. The highest BCUT2D eigenvalue weighted by molar-refractivity contribution is 7.90. The molecule has 1 aliphatic heterocycles. The van der Waals surface area contributed by atoms with Gasteiger partial charge in [0.15, 0.2) is 9.84 Å². The van der Waals surface area contributed by atoms with E-state index in [4.69, 9.17) is 11.6 Å². The fraction of sp³-hybridized carbons (Fsp3) is 0.350. The number of rotatable bonds is 6. The van der Waals surface area contributed by atoms with Gasteiger partial charge in [-0.2, -0.15) is 0 Å². The van der Waals surface area contributed by atoms with Crippen LogP contribution in [0.3, 0.4) is 0 Å². The van der Waals surface area contributed by atoms with Gasteiger partial charge in [0.05, 0.1) is 21.5 Å². The molecule has 0 aliphatic carbocycles. The van der Waals surface area contributed by atoms with Crippen molar-refractivity contribution >= 4 is 27.3 Å². The zero-order valence-electron chi connectivity index (χ0n) is 15.2. The topological polar surface area (TPSA) is 66.5 Å². The highest BCUT2D eigenvalue weighted by Crippen LogP contribution is 2.23. The molecule has 1 unspecified atom stereocenters. The van der Waals surface area contributed by atoms with Gasteiger partial charge in [0.25, 0.3) is 5.91 Å². The van der Waals surface area contributed by atoms with Crippen LogP contribution in [-0.2, 0) is 9.84 Å². The summed E-state index contributed by atoms with van der Waals surface area (Å²) in [5, 5.41) is 3.27. The van der Waals surface area contributed by atoms with E-state index in [1.807, 2.05) is 30.3 Å². The molecule has 3 rings (SSSR count). The minimum Gasteiger partial charge on any atom is -0.344 e. The number of likely N-dealkylation sites (tertiary alicyclic amines) is 1. The summed E-state index contributed by atoms with van der Waals surface area (Å²) in [4.78, 5) is 15.3. The predicted octanol–water partition coefficient (Wildman–Crippen LogP) is 3.31. The van der Waals surface area contributed by atoms with Gasteiger partial charge in [-0.3, -0.25) is 4.79 Å². The molecule has 2 aromatic carbocycles.